The number of hydrogen-bond donors (Lipinski definition) is 1. The molecule has 2 aromatic carbocycles. The van der Waals surface area contributed by atoms with Crippen LogP contribution in [0.5, 0.6) is 0 Å². The predicted molar refractivity (Wildman–Crippen MR) is 92.5 cm³/mol. The van der Waals surface area contributed by atoms with E-state index in [2.05, 4.69) is 0 Å². The fraction of sp³-hybridized carbons (Fsp3) is 0.0556. The van der Waals surface area contributed by atoms with Crippen molar-refractivity contribution in [2.24, 2.45) is 0 Å². The second kappa shape index (κ2) is 6.45. The molecule has 0 atom stereocenters. The lowest BCUT2D eigenvalue weighted by atomic mass is 10.2. The number of hydrogen-bond acceptors (Lipinski definition) is 3. The van der Waals surface area contributed by atoms with Gasteiger partial charge in [0, 0.05) is 21.9 Å². The number of nitrogens with zero attached hydrogens (tertiary/aromatic N) is 1. The van der Waals surface area contributed by atoms with Crippen LogP contribution in [0.25, 0.3) is 0 Å². The third-order valence-electron chi connectivity index (χ3n) is 3.32. The van der Waals surface area contributed by atoms with Gasteiger partial charge in [0.15, 0.2) is 0 Å². The van der Waals surface area contributed by atoms with Crippen LogP contribution >= 0.6 is 11.3 Å². The highest BCUT2D eigenvalue weighted by molar-refractivity contribution is 7.10. The van der Waals surface area contributed by atoms with Gasteiger partial charge in [0.2, 0.25) is 5.91 Å². The molecule has 0 aliphatic carbocycles. The van der Waals surface area contributed by atoms with Crippen molar-refractivity contribution in [1.29, 1.82) is 0 Å². The van der Waals surface area contributed by atoms with Gasteiger partial charge >= 0.3 is 0 Å². The van der Waals surface area contributed by atoms with E-state index in [9.17, 15) is 4.79 Å². The molecule has 3 aromatic rings. The Hall–Kier alpha value is -2.59. The first-order chi connectivity index (χ1) is 10.7. The minimum Gasteiger partial charge on any atom is -0.399 e. The lowest BCUT2D eigenvalue weighted by molar-refractivity contribution is -0.117. The lowest BCUT2D eigenvalue weighted by Crippen LogP contribution is -2.27. The Bertz CT molecular complexity index is 737. The summed E-state index contributed by atoms with van der Waals surface area (Å²) in [4.78, 5) is 15.6. The molecule has 0 spiro atoms. The van der Waals surface area contributed by atoms with E-state index >= 15 is 0 Å². The summed E-state index contributed by atoms with van der Waals surface area (Å²) in [6.07, 6.45) is 0.386. The van der Waals surface area contributed by atoms with Crippen molar-refractivity contribution in [3.63, 3.8) is 0 Å². The molecule has 1 amide bonds. The van der Waals surface area contributed by atoms with Crippen molar-refractivity contribution in [2.45, 2.75) is 6.42 Å². The highest BCUT2D eigenvalue weighted by Gasteiger charge is 2.18. The summed E-state index contributed by atoms with van der Waals surface area (Å²) in [5.74, 6) is 0.0402. The monoisotopic (exact) mass is 308 g/mol. The van der Waals surface area contributed by atoms with Crippen LogP contribution in [-0.2, 0) is 11.2 Å². The number of amides is 1. The number of nitrogens with two attached hydrogens (primary N) is 1. The van der Waals surface area contributed by atoms with E-state index in [1.54, 1.807) is 16.2 Å². The summed E-state index contributed by atoms with van der Waals surface area (Å²) in [7, 11) is 0. The average molecular weight is 308 g/mol. The summed E-state index contributed by atoms with van der Waals surface area (Å²) in [5, 5.41) is 1.98. The van der Waals surface area contributed by atoms with Crippen molar-refractivity contribution in [1.82, 2.24) is 0 Å². The Balaban J connectivity index is 1.95. The van der Waals surface area contributed by atoms with Crippen LogP contribution in [-0.4, -0.2) is 5.91 Å². The molecule has 0 aliphatic heterocycles. The minimum absolute atomic E-state index is 0.0402. The average Bonchev–Trinajstić information content (AvgIpc) is 3.03. The van der Waals surface area contributed by atoms with Gasteiger partial charge in [-0.2, -0.15) is 0 Å². The lowest BCUT2D eigenvalue weighted by Gasteiger charge is -2.23. The van der Waals surface area contributed by atoms with Gasteiger partial charge in [-0.25, -0.2) is 0 Å². The molecule has 3 rings (SSSR count). The summed E-state index contributed by atoms with van der Waals surface area (Å²) in [5.41, 5.74) is 8.11. The topological polar surface area (TPSA) is 46.3 Å². The van der Waals surface area contributed by atoms with Gasteiger partial charge in [0.05, 0.1) is 6.42 Å². The van der Waals surface area contributed by atoms with Crippen molar-refractivity contribution < 1.29 is 4.79 Å². The molecule has 0 aliphatic rings. The van der Waals surface area contributed by atoms with Crippen LogP contribution in [0.3, 0.4) is 0 Å². The van der Waals surface area contributed by atoms with Gasteiger partial charge in [-0.1, -0.05) is 24.3 Å². The Morgan fingerprint density at radius 3 is 2.23 bits per heavy atom. The number of carbonyl (C=O) groups is 1. The van der Waals surface area contributed by atoms with E-state index in [1.165, 1.54) is 0 Å². The van der Waals surface area contributed by atoms with Crippen molar-refractivity contribution in [2.75, 3.05) is 10.6 Å². The summed E-state index contributed by atoms with van der Waals surface area (Å²) < 4.78 is 0. The number of para-hydroxylation sites is 1. The van der Waals surface area contributed by atoms with Crippen molar-refractivity contribution >= 4 is 34.3 Å². The number of anilines is 3. The van der Waals surface area contributed by atoms with E-state index in [0.717, 1.165) is 16.3 Å². The van der Waals surface area contributed by atoms with E-state index in [-0.39, 0.29) is 5.91 Å². The maximum atomic E-state index is 12.8. The first-order valence-corrected chi connectivity index (χ1v) is 7.88. The molecule has 0 saturated carbocycles. The molecule has 0 bridgehead atoms. The van der Waals surface area contributed by atoms with Gasteiger partial charge < -0.3 is 5.73 Å². The van der Waals surface area contributed by atoms with E-state index in [4.69, 9.17) is 5.73 Å². The normalized spacial score (nSPS) is 10.4. The maximum Gasteiger partial charge on any atom is 0.236 e. The third-order valence-corrected chi connectivity index (χ3v) is 4.20. The van der Waals surface area contributed by atoms with Crippen LogP contribution in [0.15, 0.2) is 72.1 Å². The third kappa shape index (κ3) is 3.18. The molecule has 110 valence electrons. The molecular formula is C18H16N2OS. The number of benzene rings is 2. The SMILES string of the molecule is Nc1ccc(N(C(=O)Cc2cccs2)c2ccccc2)cc1. The van der Waals surface area contributed by atoms with Crippen LogP contribution in [0.1, 0.15) is 4.88 Å². The smallest absolute Gasteiger partial charge is 0.236 e. The van der Waals surface area contributed by atoms with Crippen LogP contribution in [0.4, 0.5) is 17.1 Å². The van der Waals surface area contributed by atoms with Crippen LogP contribution in [0, 0.1) is 0 Å². The Kier molecular flexibility index (Phi) is 4.21. The van der Waals surface area contributed by atoms with Gasteiger partial charge in [-0.15, -0.1) is 11.3 Å². The van der Waals surface area contributed by atoms with E-state index in [0.29, 0.717) is 12.1 Å². The number of rotatable bonds is 4. The molecule has 0 fully saturated rings. The fourth-order valence-electron chi connectivity index (χ4n) is 2.28. The first-order valence-electron chi connectivity index (χ1n) is 7.00. The molecule has 3 nitrogen and oxygen atoms in total. The first kappa shape index (κ1) is 14.4. The molecule has 4 heteroatoms. The highest BCUT2D eigenvalue weighted by Crippen LogP contribution is 2.27. The van der Waals surface area contributed by atoms with Crippen molar-refractivity contribution in [3.05, 3.63) is 77.0 Å². The highest BCUT2D eigenvalue weighted by atomic mass is 32.1. The molecule has 22 heavy (non-hydrogen) atoms. The largest absolute Gasteiger partial charge is 0.399 e. The van der Waals surface area contributed by atoms with Crippen molar-refractivity contribution in [3.8, 4) is 0 Å². The Labute approximate surface area is 133 Å². The molecular weight excluding hydrogens is 292 g/mol. The van der Waals surface area contributed by atoms with E-state index in [1.807, 2.05) is 72.1 Å². The quantitative estimate of drug-likeness (QED) is 0.733. The zero-order chi connectivity index (χ0) is 15.4. The maximum absolute atomic E-state index is 12.8. The van der Waals surface area contributed by atoms with Gasteiger partial charge in [-0.3, -0.25) is 9.69 Å². The molecule has 1 aromatic heterocycles. The summed E-state index contributed by atoms with van der Waals surface area (Å²) in [6, 6.07) is 21.0. The predicted octanol–water partition coefficient (Wildman–Crippen LogP) is 4.24. The zero-order valence-electron chi connectivity index (χ0n) is 12.0. The summed E-state index contributed by atoms with van der Waals surface area (Å²) in [6.45, 7) is 0. The molecule has 2 N–H and O–H groups in total. The van der Waals surface area contributed by atoms with E-state index < -0.39 is 0 Å². The molecule has 0 saturated heterocycles. The Morgan fingerprint density at radius 1 is 0.909 bits per heavy atom. The number of thiophene rings is 1. The van der Waals surface area contributed by atoms with Gasteiger partial charge in [-0.05, 0) is 47.8 Å². The minimum atomic E-state index is 0.0402. The zero-order valence-corrected chi connectivity index (χ0v) is 12.8. The van der Waals surface area contributed by atoms with Gasteiger partial charge in [0.25, 0.3) is 0 Å². The standard InChI is InChI=1S/C18H16N2OS/c19-14-8-10-16(11-9-14)20(15-5-2-1-3-6-15)18(21)13-17-7-4-12-22-17/h1-12H,13,19H2. The Morgan fingerprint density at radius 2 is 1.59 bits per heavy atom. The fourth-order valence-corrected chi connectivity index (χ4v) is 2.97. The summed E-state index contributed by atoms with van der Waals surface area (Å²) >= 11 is 1.59. The van der Waals surface area contributed by atoms with Gasteiger partial charge in [0.1, 0.15) is 0 Å². The molecule has 0 unspecified atom stereocenters. The molecule has 0 radical (unpaired) electrons. The van der Waals surface area contributed by atoms with Crippen LogP contribution in [0.2, 0.25) is 0 Å². The number of nitrogen functional groups attached to an aromatic ring is 1. The second-order valence-electron chi connectivity index (χ2n) is 4.91. The van der Waals surface area contributed by atoms with Crippen LogP contribution < -0.4 is 10.6 Å². The second-order valence-corrected chi connectivity index (χ2v) is 5.94. The molecule has 1 heterocycles. The number of carbonyl (C=O) groups excluding carboxylic acids is 1.